The molecule has 0 aliphatic heterocycles. The number of carboxylic acids is 1. The summed E-state index contributed by atoms with van der Waals surface area (Å²) in [6, 6.07) is 14.8. The van der Waals surface area contributed by atoms with E-state index in [0.717, 1.165) is 27.7 Å². The summed E-state index contributed by atoms with van der Waals surface area (Å²) in [5.41, 5.74) is 0.177. The van der Waals surface area contributed by atoms with E-state index in [4.69, 9.17) is 11.6 Å². The van der Waals surface area contributed by atoms with Gasteiger partial charge in [-0.15, -0.1) is 0 Å². The molecule has 4 rings (SSSR count). The van der Waals surface area contributed by atoms with E-state index in [9.17, 15) is 31.5 Å². The van der Waals surface area contributed by atoms with Crippen LogP contribution in [0.25, 0.3) is 10.9 Å². The zero-order chi connectivity index (χ0) is 27.3. The fourth-order valence-corrected chi connectivity index (χ4v) is 5.91. The summed E-state index contributed by atoms with van der Waals surface area (Å²) in [6.07, 6.45) is -4.67. The molecule has 0 saturated heterocycles. The molecule has 0 saturated carbocycles. The summed E-state index contributed by atoms with van der Waals surface area (Å²) in [5.74, 6) is -1.18. The van der Waals surface area contributed by atoms with Crippen molar-refractivity contribution in [3.63, 3.8) is 0 Å². The van der Waals surface area contributed by atoms with Gasteiger partial charge >= 0.3 is 12.1 Å². The van der Waals surface area contributed by atoms with Gasteiger partial charge in [0.15, 0.2) is 0 Å². The number of carbonyl (C=O) groups is 1. The molecule has 0 bridgehead atoms. The highest BCUT2D eigenvalue weighted by atomic mass is 35.5. The molecule has 0 radical (unpaired) electrons. The van der Waals surface area contributed by atoms with Gasteiger partial charge in [-0.25, -0.2) is 17.2 Å². The second kappa shape index (κ2) is 9.22. The minimum Gasteiger partial charge on any atom is -0.478 e. The number of aromatic nitrogens is 1. The first kappa shape index (κ1) is 26.8. The van der Waals surface area contributed by atoms with Crippen molar-refractivity contribution in [2.45, 2.75) is 43.7 Å². The molecule has 194 valence electrons. The van der Waals surface area contributed by atoms with Crippen LogP contribution in [-0.4, -0.2) is 23.5 Å². The lowest BCUT2D eigenvalue weighted by Gasteiger charge is -2.20. The van der Waals surface area contributed by atoms with Gasteiger partial charge in [0.1, 0.15) is 0 Å². The van der Waals surface area contributed by atoms with Crippen molar-refractivity contribution in [2.24, 2.45) is 0 Å². The van der Waals surface area contributed by atoms with Crippen LogP contribution in [0.15, 0.2) is 71.6 Å². The Morgan fingerprint density at radius 1 is 0.946 bits per heavy atom. The van der Waals surface area contributed by atoms with Crippen LogP contribution < -0.4 is 0 Å². The van der Waals surface area contributed by atoms with E-state index in [1.165, 1.54) is 30.3 Å². The second-order valence-electron chi connectivity index (χ2n) is 9.74. The van der Waals surface area contributed by atoms with Gasteiger partial charge in [0.05, 0.1) is 21.5 Å². The summed E-state index contributed by atoms with van der Waals surface area (Å²) >= 11 is 6.29. The summed E-state index contributed by atoms with van der Waals surface area (Å²) in [4.78, 5) is 11.3. The lowest BCUT2D eigenvalue weighted by atomic mass is 9.87. The number of hydrogen-bond donors (Lipinski definition) is 1. The topological polar surface area (TPSA) is 76.4 Å². The summed E-state index contributed by atoms with van der Waals surface area (Å²) < 4.78 is 69.1. The number of carboxylic acid groups (broad SMARTS) is 1. The zero-order valence-electron chi connectivity index (χ0n) is 20.1. The fourth-order valence-electron chi connectivity index (χ4n) is 4.08. The summed E-state index contributed by atoms with van der Waals surface area (Å²) in [5, 5.41) is 9.39. The third-order valence-electron chi connectivity index (χ3n) is 6.07. The van der Waals surface area contributed by atoms with Gasteiger partial charge in [-0.1, -0.05) is 50.6 Å². The molecule has 37 heavy (non-hydrogen) atoms. The minimum atomic E-state index is -4.60. The Balaban J connectivity index is 1.94. The number of alkyl halides is 3. The van der Waals surface area contributed by atoms with Crippen LogP contribution in [-0.2, 0) is 28.0 Å². The molecule has 1 N–H and O–H groups in total. The van der Waals surface area contributed by atoms with E-state index in [2.05, 4.69) is 0 Å². The van der Waals surface area contributed by atoms with Gasteiger partial charge < -0.3 is 5.11 Å². The standard InChI is InChI=1S/C27H23ClF3NO4S/c1-26(2,3)19-5-4-6-22(15-19)37(35,36)32-21(12-16-7-8-17(25(33)34)14-23(16)28)13-18-11-20(27(29,30)31)9-10-24(18)32/h4-11,13-15H,12H2,1-3H3,(H,33,34). The maximum Gasteiger partial charge on any atom is 0.416 e. The number of hydrogen-bond acceptors (Lipinski definition) is 3. The molecule has 10 heteroatoms. The fraction of sp³-hybridized carbons (Fsp3) is 0.222. The third-order valence-corrected chi connectivity index (χ3v) is 8.18. The molecule has 0 atom stereocenters. The molecule has 1 aromatic heterocycles. The van der Waals surface area contributed by atoms with Crippen LogP contribution in [0.3, 0.4) is 0 Å². The first-order chi connectivity index (χ1) is 17.1. The quantitative estimate of drug-likeness (QED) is 0.287. The van der Waals surface area contributed by atoms with E-state index in [0.29, 0.717) is 5.56 Å². The molecule has 0 unspecified atom stereocenters. The van der Waals surface area contributed by atoms with E-state index in [1.807, 2.05) is 26.8 Å². The smallest absolute Gasteiger partial charge is 0.416 e. The molecule has 3 aromatic carbocycles. The normalized spacial score (nSPS) is 12.7. The molecule has 0 fully saturated rings. The van der Waals surface area contributed by atoms with Crippen LogP contribution >= 0.6 is 11.6 Å². The van der Waals surface area contributed by atoms with Crippen LogP contribution in [0.1, 0.15) is 53.5 Å². The van der Waals surface area contributed by atoms with Crippen LogP contribution in [0.4, 0.5) is 13.2 Å². The Hall–Kier alpha value is -3.30. The van der Waals surface area contributed by atoms with Crippen molar-refractivity contribution in [3.8, 4) is 0 Å². The van der Waals surface area contributed by atoms with Crippen LogP contribution in [0.5, 0.6) is 0 Å². The van der Waals surface area contributed by atoms with E-state index >= 15 is 0 Å². The van der Waals surface area contributed by atoms with Gasteiger partial charge in [-0.2, -0.15) is 13.2 Å². The summed E-state index contributed by atoms with van der Waals surface area (Å²) in [6.45, 7) is 5.82. The maximum atomic E-state index is 13.9. The predicted molar refractivity (Wildman–Crippen MR) is 136 cm³/mol. The molecular formula is C27H23ClF3NO4S. The molecule has 0 aliphatic carbocycles. The van der Waals surface area contributed by atoms with Crippen molar-refractivity contribution in [2.75, 3.05) is 0 Å². The molecule has 0 aliphatic rings. The first-order valence-corrected chi connectivity index (χ1v) is 13.0. The van der Waals surface area contributed by atoms with Crippen LogP contribution in [0.2, 0.25) is 5.02 Å². The molecule has 5 nitrogen and oxygen atoms in total. The number of halogens is 4. The van der Waals surface area contributed by atoms with Crippen molar-refractivity contribution in [1.82, 2.24) is 3.97 Å². The van der Waals surface area contributed by atoms with Crippen molar-refractivity contribution in [1.29, 1.82) is 0 Å². The Morgan fingerprint density at radius 2 is 1.65 bits per heavy atom. The van der Waals surface area contributed by atoms with Gasteiger partial charge in [-0.3, -0.25) is 0 Å². The van der Waals surface area contributed by atoms with Crippen LogP contribution in [0, 0.1) is 0 Å². The Bertz CT molecular complexity index is 1630. The number of fused-ring (bicyclic) bond motifs is 1. The van der Waals surface area contributed by atoms with Crippen molar-refractivity contribution in [3.05, 3.63) is 99.7 Å². The lowest BCUT2D eigenvalue weighted by Crippen LogP contribution is -2.18. The first-order valence-electron chi connectivity index (χ1n) is 11.2. The highest BCUT2D eigenvalue weighted by Gasteiger charge is 2.32. The molecule has 1 heterocycles. The maximum absolute atomic E-state index is 13.9. The highest BCUT2D eigenvalue weighted by molar-refractivity contribution is 7.90. The van der Waals surface area contributed by atoms with Gasteiger partial charge in [-0.05, 0) is 65.1 Å². The highest BCUT2D eigenvalue weighted by Crippen LogP contribution is 2.35. The number of nitrogens with zero attached hydrogens (tertiary/aromatic N) is 1. The molecule has 4 aromatic rings. The number of rotatable bonds is 5. The van der Waals surface area contributed by atoms with Gasteiger partial charge in [0, 0.05) is 22.5 Å². The van der Waals surface area contributed by atoms with Crippen molar-refractivity contribution >= 4 is 38.5 Å². The minimum absolute atomic E-state index is 0.00843. The average Bonchev–Trinajstić information content (AvgIpc) is 3.17. The van der Waals surface area contributed by atoms with Gasteiger partial charge in [0.25, 0.3) is 10.0 Å². The van der Waals surface area contributed by atoms with Gasteiger partial charge in [0.2, 0.25) is 0 Å². The Morgan fingerprint density at radius 3 is 2.24 bits per heavy atom. The van der Waals surface area contributed by atoms with E-state index in [-0.39, 0.29) is 43.9 Å². The molecule has 0 spiro atoms. The second-order valence-corrected chi connectivity index (χ2v) is 11.9. The van der Waals surface area contributed by atoms with E-state index in [1.54, 1.807) is 12.1 Å². The SMILES string of the molecule is CC(C)(C)c1cccc(S(=O)(=O)n2c(Cc3ccc(C(=O)O)cc3Cl)cc3cc(C(F)(F)F)ccc32)c1. The lowest BCUT2D eigenvalue weighted by molar-refractivity contribution is -0.137. The average molecular weight is 550 g/mol. The monoisotopic (exact) mass is 549 g/mol. The van der Waals surface area contributed by atoms with E-state index < -0.39 is 27.7 Å². The third kappa shape index (κ3) is 5.24. The number of benzene rings is 3. The largest absolute Gasteiger partial charge is 0.478 e. The van der Waals surface area contributed by atoms with Crippen molar-refractivity contribution < 1.29 is 31.5 Å². The Labute approximate surface area is 217 Å². The molecule has 0 amide bonds. The predicted octanol–water partition coefficient (Wildman–Crippen LogP) is 7.14. The molecular weight excluding hydrogens is 527 g/mol. The Kier molecular flexibility index (Phi) is 6.67. The zero-order valence-corrected chi connectivity index (χ0v) is 21.7. The number of aromatic carboxylic acids is 1. The summed E-state index contributed by atoms with van der Waals surface area (Å²) in [7, 11) is -4.24.